The summed E-state index contributed by atoms with van der Waals surface area (Å²) in [4.78, 5) is 8.67. The van der Waals surface area contributed by atoms with Crippen LogP contribution in [0.5, 0.6) is 5.88 Å². The summed E-state index contributed by atoms with van der Waals surface area (Å²) in [7, 11) is 0. The number of pyridine rings is 1. The predicted octanol–water partition coefficient (Wildman–Crippen LogP) is 2.18. The van der Waals surface area contributed by atoms with Gasteiger partial charge in [-0.3, -0.25) is 0 Å². The number of nitrogens with zero attached hydrogens (tertiary/aromatic N) is 2. The number of ether oxygens (including phenoxy) is 1. The lowest BCUT2D eigenvalue weighted by molar-refractivity contribution is 0.232. The summed E-state index contributed by atoms with van der Waals surface area (Å²) < 4.78 is 5.49. The predicted molar refractivity (Wildman–Crippen MR) is 97.1 cm³/mol. The molecule has 6 heteroatoms. The summed E-state index contributed by atoms with van der Waals surface area (Å²) in [5.41, 5.74) is 1.01. The van der Waals surface area contributed by atoms with E-state index >= 15 is 0 Å². The van der Waals surface area contributed by atoms with E-state index in [1.165, 1.54) is 0 Å². The van der Waals surface area contributed by atoms with Crippen molar-refractivity contribution in [3.05, 3.63) is 23.9 Å². The van der Waals surface area contributed by atoms with Crippen molar-refractivity contribution in [3.8, 4) is 18.2 Å². The van der Waals surface area contributed by atoms with E-state index in [0.29, 0.717) is 24.9 Å². The molecule has 1 rings (SSSR count). The number of aromatic nitrogens is 1. The van der Waals surface area contributed by atoms with Gasteiger partial charge in [-0.25, -0.2) is 9.98 Å². The Morgan fingerprint density at radius 2 is 2.19 bits per heavy atom. The van der Waals surface area contributed by atoms with Crippen molar-refractivity contribution in [3.63, 3.8) is 0 Å². The van der Waals surface area contributed by atoms with Crippen LogP contribution in [0.4, 0.5) is 0 Å². The summed E-state index contributed by atoms with van der Waals surface area (Å²) in [6, 6.07) is 3.81. The van der Waals surface area contributed by atoms with E-state index < -0.39 is 0 Å². The van der Waals surface area contributed by atoms with Gasteiger partial charge in [0.2, 0.25) is 5.88 Å². The fraction of sp³-hybridized carbons (Fsp3) is 0.467. The van der Waals surface area contributed by atoms with Crippen molar-refractivity contribution in [2.24, 2.45) is 4.99 Å². The number of guanidine groups is 1. The molecule has 1 aromatic rings. The molecule has 1 aromatic heterocycles. The third-order valence-electron chi connectivity index (χ3n) is 2.28. The number of aliphatic imine (C=N–C) groups is 1. The van der Waals surface area contributed by atoms with Crippen LogP contribution in [0, 0.1) is 12.3 Å². The Morgan fingerprint density at radius 1 is 1.43 bits per heavy atom. The Hall–Kier alpha value is -1.49. The van der Waals surface area contributed by atoms with Crippen LogP contribution in [0.25, 0.3) is 0 Å². The number of hydrogen-bond acceptors (Lipinski definition) is 3. The highest BCUT2D eigenvalue weighted by Gasteiger charge is 2.00. The minimum absolute atomic E-state index is 0. The first-order valence-corrected chi connectivity index (χ1v) is 6.73. The molecular formula is C15H23IN4O. The molecule has 5 nitrogen and oxygen atoms in total. The van der Waals surface area contributed by atoms with Gasteiger partial charge in [-0.1, -0.05) is 12.0 Å². The molecule has 21 heavy (non-hydrogen) atoms. The van der Waals surface area contributed by atoms with E-state index in [-0.39, 0.29) is 30.1 Å². The summed E-state index contributed by atoms with van der Waals surface area (Å²) in [6.07, 6.45) is 7.11. The first-order chi connectivity index (χ1) is 9.65. The Balaban J connectivity index is 0.00000400. The second kappa shape index (κ2) is 11.2. The minimum Gasteiger partial charge on any atom is -0.475 e. The highest BCUT2D eigenvalue weighted by atomic mass is 127. The normalized spacial score (nSPS) is 10.5. The van der Waals surface area contributed by atoms with Crippen molar-refractivity contribution in [2.75, 3.05) is 13.1 Å². The summed E-state index contributed by atoms with van der Waals surface area (Å²) >= 11 is 0. The number of terminal acetylenes is 1. The van der Waals surface area contributed by atoms with Crippen molar-refractivity contribution in [1.82, 2.24) is 15.6 Å². The Morgan fingerprint density at radius 3 is 2.71 bits per heavy atom. The fourth-order valence-corrected chi connectivity index (χ4v) is 1.46. The maximum Gasteiger partial charge on any atom is 0.213 e. The molecule has 0 atom stereocenters. The average Bonchev–Trinajstić information content (AvgIpc) is 2.43. The Labute approximate surface area is 144 Å². The molecular weight excluding hydrogens is 379 g/mol. The van der Waals surface area contributed by atoms with Gasteiger partial charge < -0.3 is 15.4 Å². The first kappa shape index (κ1) is 19.5. The average molecular weight is 402 g/mol. The standard InChI is InChI=1S/C15H22N4O.HI/c1-5-9-17-15(16-6-2)19-11-13-7-8-14(18-10-13)20-12(3)4;/h1,7-8,10,12H,6,9,11H2,2-4H3,(H2,16,17,19);1H. The van der Waals surface area contributed by atoms with Crippen molar-refractivity contribution in [1.29, 1.82) is 0 Å². The molecule has 0 unspecified atom stereocenters. The highest BCUT2D eigenvalue weighted by molar-refractivity contribution is 14.0. The Bertz CT molecular complexity index is 466. The zero-order valence-corrected chi connectivity index (χ0v) is 15.0. The molecule has 2 N–H and O–H groups in total. The van der Waals surface area contributed by atoms with Gasteiger partial charge in [0, 0.05) is 18.8 Å². The zero-order valence-electron chi connectivity index (χ0n) is 12.7. The maximum atomic E-state index is 5.49. The summed E-state index contributed by atoms with van der Waals surface area (Å²) in [6.45, 7) is 7.72. The third kappa shape index (κ3) is 8.40. The van der Waals surface area contributed by atoms with Crippen LogP contribution in [0.3, 0.4) is 0 Å². The van der Waals surface area contributed by atoms with Gasteiger partial charge >= 0.3 is 0 Å². The van der Waals surface area contributed by atoms with E-state index in [1.807, 2.05) is 32.9 Å². The van der Waals surface area contributed by atoms with E-state index in [4.69, 9.17) is 11.2 Å². The van der Waals surface area contributed by atoms with Gasteiger partial charge in [0.15, 0.2) is 5.96 Å². The third-order valence-corrected chi connectivity index (χ3v) is 2.28. The van der Waals surface area contributed by atoms with E-state index in [0.717, 1.165) is 12.1 Å². The van der Waals surface area contributed by atoms with Crippen molar-refractivity contribution in [2.45, 2.75) is 33.4 Å². The molecule has 0 aliphatic rings. The molecule has 0 amide bonds. The first-order valence-electron chi connectivity index (χ1n) is 6.73. The van der Waals surface area contributed by atoms with Gasteiger partial charge in [0.05, 0.1) is 19.2 Å². The number of hydrogen-bond donors (Lipinski definition) is 2. The van der Waals surface area contributed by atoms with E-state index in [9.17, 15) is 0 Å². The minimum atomic E-state index is 0. The number of nitrogens with one attached hydrogen (secondary N) is 2. The second-order valence-electron chi connectivity index (χ2n) is 4.42. The van der Waals surface area contributed by atoms with E-state index in [1.54, 1.807) is 6.20 Å². The molecule has 116 valence electrons. The highest BCUT2D eigenvalue weighted by Crippen LogP contribution is 2.10. The lowest BCUT2D eigenvalue weighted by Crippen LogP contribution is -2.37. The van der Waals surface area contributed by atoms with Crippen LogP contribution in [0.1, 0.15) is 26.3 Å². The van der Waals surface area contributed by atoms with Crippen LogP contribution in [-0.4, -0.2) is 30.1 Å². The molecule has 1 heterocycles. The van der Waals surface area contributed by atoms with Gasteiger partial charge in [0.25, 0.3) is 0 Å². The number of halogens is 1. The molecule has 0 bridgehead atoms. The van der Waals surface area contributed by atoms with Crippen LogP contribution in [-0.2, 0) is 6.54 Å². The molecule has 0 aliphatic carbocycles. The molecule has 0 saturated carbocycles. The lowest BCUT2D eigenvalue weighted by atomic mass is 10.3. The summed E-state index contributed by atoms with van der Waals surface area (Å²) in [5, 5.41) is 6.16. The topological polar surface area (TPSA) is 58.5 Å². The lowest BCUT2D eigenvalue weighted by Gasteiger charge is -2.10. The molecule has 0 spiro atoms. The number of rotatable bonds is 6. The quantitative estimate of drug-likeness (QED) is 0.332. The monoisotopic (exact) mass is 402 g/mol. The van der Waals surface area contributed by atoms with Crippen LogP contribution in [0.15, 0.2) is 23.3 Å². The Kier molecular flexibility index (Phi) is 10.4. The fourth-order valence-electron chi connectivity index (χ4n) is 1.46. The van der Waals surface area contributed by atoms with Crippen molar-refractivity contribution >= 4 is 29.9 Å². The van der Waals surface area contributed by atoms with Gasteiger partial charge in [-0.05, 0) is 26.3 Å². The largest absolute Gasteiger partial charge is 0.475 e. The summed E-state index contributed by atoms with van der Waals surface area (Å²) in [5.74, 6) is 3.85. The zero-order chi connectivity index (χ0) is 14.8. The van der Waals surface area contributed by atoms with Gasteiger partial charge in [-0.15, -0.1) is 30.4 Å². The van der Waals surface area contributed by atoms with Gasteiger partial charge in [0.1, 0.15) is 0 Å². The SMILES string of the molecule is C#CCNC(=NCc1ccc(OC(C)C)nc1)NCC.I. The van der Waals surface area contributed by atoms with Crippen LogP contribution < -0.4 is 15.4 Å². The van der Waals surface area contributed by atoms with Crippen LogP contribution in [0.2, 0.25) is 0 Å². The van der Waals surface area contributed by atoms with E-state index in [2.05, 4.69) is 26.5 Å². The van der Waals surface area contributed by atoms with Gasteiger partial charge in [-0.2, -0.15) is 0 Å². The van der Waals surface area contributed by atoms with Crippen LogP contribution >= 0.6 is 24.0 Å². The molecule has 0 radical (unpaired) electrons. The van der Waals surface area contributed by atoms with Crippen molar-refractivity contribution < 1.29 is 4.74 Å². The second-order valence-corrected chi connectivity index (χ2v) is 4.42. The molecule has 0 aliphatic heterocycles. The molecule has 0 fully saturated rings. The molecule has 0 aromatic carbocycles. The smallest absolute Gasteiger partial charge is 0.213 e. The maximum absolute atomic E-state index is 5.49. The molecule has 0 saturated heterocycles.